The van der Waals surface area contributed by atoms with E-state index in [0.717, 1.165) is 24.8 Å². The van der Waals surface area contributed by atoms with Gasteiger partial charge in [-0.25, -0.2) is 8.42 Å². The van der Waals surface area contributed by atoms with E-state index < -0.39 is 20.2 Å². The van der Waals surface area contributed by atoms with Gasteiger partial charge in [-0.15, -0.1) is 0 Å². The predicted molar refractivity (Wildman–Crippen MR) is 115 cm³/mol. The second kappa shape index (κ2) is 8.76. The zero-order valence-electron chi connectivity index (χ0n) is 16.8. The first-order chi connectivity index (χ1) is 14.4. The van der Waals surface area contributed by atoms with Gasteiger partial charge in [0.05, 0.1) is 4.90 Å². The minimum absolute atomic E-state index is 0.116. The highest BCUT2D eigenvalue weighted by molar-refractivity contribution is 7.89. The summed E-state index contributed by atoms with van der Waals surface area (Å²) < 4.78 is 56.5. The molecule has 4 rings (SSSR count). The molecule has 1 fully saturated rings. The first-order valence-corrected chi connectivity index (χ1v) is 13.1. The Labute approximate surface area is 178 Å². The molecule has 0 amide bonds. The molecule has 162 valence electrons. The van der Waals surface area contributed by atoms with Crippen molar-refractivity contribution in [3.05, 3.63) is 65.2 Å². The zero-order chi connectivity index (χ0) is 21.2. The van der Waals surface area contributed by atoms with Crippen molar-refractivity contribution in [3.63, 3.8) is 0 Å². The summed E-state index contributed by atoms with van der Waals surface area (Å²) in [4.78, 5) is 0.253. The van der Waals surface area contributed by atoms with Crippen molar-refractivity contribution in [1.29, 1.82) is 0 Å². The van der Waals surface area contributed by atoms with Gasteiger partial charge in [0.2, 0.25) is 10.0 Å². The largest absolute Gasteiger partial charge is 0.280 e. The van der Waals surface area contributed by atoms with E-state index in [1.807, 2.05) is 24.3 Å². The van der Waals surface area contributed by atoms with Crippen LogP contribution in [-0.2, 0) is 39.7 Å². The lowest BCUT2D eigenvalue weighted by molar-refractivity contribution is 0.346. The highest BCUT2D eigenvalue weighted by Crippen LogP contribution is 2.22. The zero-order valence-corrected chi connectivity index (χ0v) is 18.5. The van der Waals surface area contributed by atoms with E-state index in [4.69, 9.17) is 0 Å². The second-order valence-electron chi connectivity index (χ2n) is 7.79. The average Bonchev–Trinajstić information content (AvgIpc) is 2.78. The van der Waals surface area contributed by atoms with E-state index in [2.05, 4.69) is 4.72 Å². The molecule has 9 heteroatoms. The number of nitrogens with zero attached hydrogens (tertiary/aromatic N) is 2. The lowest BCUT2D eigenvalue weighted by atomic mass is 10.0. The molecule has 0 aromatic heterocycles. The Morgan fingerprint density at radius 3 is 2.13 bits per heavy atom. The third kappa shape index (κ3) is 4.60. The van der Waals surface area contributed by atoms with E-state index in [9.17, 15) is 16.8 Å². The molecule has 2 aliphatic heterocycles. The molecule has 2 heterocycles. The van der Waals surface area contributed by atoms with Gasteiger partial charge >= 0.3 is 0 Å². The SMILES string of the molecule is O=S(=O)(NCc1ccc(S(=O)(=O)N2CCCCC2)cc1)N1CCc2ccccc2C1. The first-order valence-electron chi connectivity index (χ1n) is 10.3. The number of nitrogens with one attached hydrogen (secondary N) is 1. The molecule has 0 saturated carbocycles. The standard InChI is InChI=1S/C21H27N3O4S2/c25-29(26,23-13-4-1-5-14-23)21-10-8-18(9-11-21)16-22-30(27,28)24-15-12-19-6-2-3-7-20(19)17-24/h2-3,6-11,22H,1,4-5,12-17H2. The molecule has 30 heavy (non-hydrogen) atoms. The topological polar surface area (TPSA) is 86.8 Å². The third-order valence-electron chi connectivity index (χ3n) is 5.77. The lowest BCUT2D eigenvalue weighted by Gasteiger charge is -2.28. The Hall–Kier alpha value is -1.78. The molecule has 0 unspecified atom stereocenters. The van der Waals surface area contributed by atoms with Crippen LogP contribution in [0.15, 0.2) is 53.4 Å². The highest BCUT2D eigenvalue weighted by Gasteiger charge is 2.27. The molecule has 0 radical (unpaired) electrons. The average molecular weight is 450 g/mol. The molecular formula is C21H27N3O4S2. The van der Waals surface area contributed by atoms with Crippen LogP contribution in [0.3, 0.4) is 0 Å². The van der Waals surface area contributed by atoms with Gasteiger partial charge in [-0.2, -0.15) is 21.8 Å². The summed E-state index contributed by atoms with van der Waals surface area (Å²) in [5.74, 6) is 0. The maximum absolute atomic E-state index is 12.7. The van der Waals surface area contributed by atoms with Crippen LogP contribution in [0.1, 0.15) is 36.0 Å². The van der Waals surface area contributed by atoms with Gasteiger partial charge in [0.15, 0.2) is 0 Å². The smallest absolute Gasteiger partial charge is 0.207 e. The molecule has 0 aliphatic carbocycles. The molecule has 1 N–H and O–H groups in total. The van der Waals surface area contributed by atoms with Crippen molar-refractivity contribution < 1.29 is 16.8 Å². The minimum atomic E-state index is -3.62. The number of sulfonamides is 1. The molecule has 7 nitrogen and oxygen atoms in total. The van der Waals surface area contributed by atoms with Crippen molar-refractivity contribution in [3.8, 4) is 0 Å². The van der Waals surface area contributed by atoms with Crippen LogP contribution in [0.25, 0.3) is 0 Å². The first kappa shape index (κ1) is 21.5. The van der Waals surface area contributed by atoms with Gasteiger partial charge in [-0.1, -0.05) is 42.8 Å². The molecule has 2 aliphatic rings. The van der Waals surface area contributed by atoms with E-state index in [0.29, 0.717) is 38.2 Å². The minimum Gasteiger partial charge on any atom is -0.207 e. The van der Waals surface area contributed by atoms with Crippen LogP contribution < -0.4 is 4.72 Å². The second-order valence-corrected chi connectivity index (χ2v) is 11.5. The molecular weight excluding hydrogens is 422 g/mol. The maximum atomic E-state index is 12.7. The van der Waals surface area contributed by atoms with E-state index in [1.165, 1.54) is 14.2 Å². The fraction of sp³-hybridized carbons (Fsp3) is 0.429. The number of rotatable bonds is 6. The number of hydrogen-bond donors (Lipinski definition) is 1. The molecule has 0 bridgehead atoms. The number of benzene rings is 2. The Morgan fingerprint density at radius 1 is 0.767 bits per heavy atom. The molecule has 2 aromatic carbocycles. The van der Waals surface area contributed by atoms with Crippen LogP contribution >= 0.6 is 0 Å². The number of fused-ring (bicyclic) bond motifs is 1. The van der Waals surface area contributed by atoms with Crippen molar-refractivity contribution in [2.45, 2.75) is 43.7 Å². The van der Waals surface area contributed by atoms with Crippen LogP contribution in [0.2, 0.25) is 0 Å². The Bertz CT molecular complexity index is 1090. The molecule has 0 spiro atoms. The van der Waals surface area contributed by atoms with Crippen LogP contribution in [0.5, 0.6) is 0 Å². The summed E-state index contributed by atoms with van der Waals surface area (Å²) in [5, 5.41) is 0. The van der Waals surface area contributed by atoms with Gasteiger partial charge < -0.3 is 0 Å². The van der Waals surface area contributed by atoms with Crippen molar-refractivity contribution in [2.24, 2.45) is 0 Å². The summed E-state index contributed by atoms with van der Waals surface area (Å²) >= 11 is 0. The van der Waals surface area contributed by atoms with Crippen LogP contribution in [0.4, 0.5) is 0 Å². The number of piperidine rings is 1. The summed E-state index contributed by atoms with van der Waals surface area (Å²) in [7, 11) is -7.10. The van der Waals surface area contributed by atoms with Crippen LogP contribution in [0, 0.1) is 0 Å². The maximum Gasteiger partial charge on any atom is 0.280 e. The fourth-order valence-electron chi connectivity index (χ4n) is 3.97. The Morgan fingerprint density at radius 2 is 1.43 bits per heavy atom. The van der Waals surface area contributed by atoms with E-state index in [1.54, 1.807) is 24.3 Å². The van der Waals surface area contributed by atoms with E-state index >= 15 is 0 Å². The summed E-state index contributed by atoms with van der Waals surface area (Å²) in [5.41, 5.74) is 2.93. The van der Waals surface area contributed by atoms with Gasteiger partial charge in [0, 0.05) is 32.7 Å². The third-order valence-corrected chi connectivity index (χ3v) is 9.18. The van der Waals surface area contributed by atoms with Gasteiger partial charge in [-0.05, 0) is 48.1 Å². The van der Waals surface area contributed by atoms with Gasteiger partial charge in [0.25, 0.3) is 10.2 Å². The van der Waals surface area contributed by atoms with E-state index in [-0.39, 0.29) is 11.4 Å². The summed E-state index contributed by atoms with van der Waals surface area (Å²) in [6, 6.07) is 14.3. The fourth-order valence-corrected chi connectivity index (χ4v) is 6.66. The predicted octanol–water partition coefficient (Wildman–Crippen LogP) is 2.25. The van der Waals surface area contributed by atoms with Gasteiger partial charge in [0.1, 0.15) is 0 Å². The Kier molecular flexibility index (Phi) is 6.26. The highest BCUT2D eigenvalue weighted by atomic mass is 32.2. The van der Waals surface area contributed by atoms with Crippen LogP contribution in [-0.4, -0.2) is 45.1 Å². The Balaban J connectivity index is 1.39. The number of hydrogen-bond acceptors (Lipinski definition) is 4. The monoisotopic (exact) mass is 449 g/mol. The normalized spacial score (nSPS) is 18.8. The quantitative estimate of drug-likeness (QED) is 0.733. The van der Waals surface area contributed by atoms with Gasteiger partial charge in [-0.3, -0.25) is 0 Å². The van der Waals surface area contributed by atoms with Crippen molar-refractivity contribution >= 4 is 20.2 Å². The lowest BCUT2D eigenvalue weighted by Crippen LogP contribution is -2.43. The molecule has 1 saturated heterocycles. The molecule has 2 aromatic rings. The van der Waals surface area contributed by atoms with Crippen molar-refractivity contribution in [1.82, 2.24) is 13.3 Å². The summed E-state index contributed by atoms with van der Waals surface area (Å²) in [6.45, 7) is 2.04. The summed E-state index contributed by atoms with van der Waals surface area (Å²) in [6.07, 6.45) is 3.54. The van der Waals surface area contributed by atoms with Crippen molar-refractivity contribution in [2.75, 3.05) is 19.6 Å². The molecule has 0 atom stereocenters.